The molecule has 0 saturated carbocycles. The second kappa shape index (κ2) is 9.18. The van der Waals surface area contributed by atoms with Crippen LogP contribution >= 0.6 is 0 Å². The van der Waals surface area contributed by atoms with Gasteiger partial charge in [-0.05, 0) is 50.5 Å². The maximum absolute atomic E-state index is 15.7. The van der Waals surface area contributed by atoms with Crippen LogP contribution in [0.5, 0.6) is 0 Å². The Balaban J connectivity index is 1.74. The van der Waals surface area contributed by atoms with Gasteiger partial charge < -0.3 is 19.7 Å². The number of carbonyl (C=O) groups excluding carboxylic acids is 2. The molecule has 1 spiro atoms. The van der Waals surface area contributed by atoms with Crippen LogP contribution in [0, 0.1) is 23.4 Å². The quantitative estimate of drug-likeness (QED) is 0.690. The van der Waals surface area contributed by atoms with E-state index in [1.165, 1.54) is 11.0 Å². The molecule has 9 heteroatoms. The summed E-state index contributed by atoms with van der Waals surface area (Å²) >= 11 is 0. The lowest BCUT2D eigenvalue weighted by Crippen LogP contribution is -2.66. The Bertz CT molecular complexity index is 1130. The number of hydrogen-bond donors (Lipinski definition) is 1. The van der Waals surface area contributed by atoms with Crippen LogP contribution in [0.3, 0.4) is 0 Å². The molecule has 2 heterocycles. The summed E-state index contributed by atoms with van der Waals surface area (Å²) in [4.78, 5) is 27.0. The topological polar surface area (TPSA) is 67.9 Å². The Morgan fingerprint density at radius 1 is 1.20 bits per heavy atom. The van der Waals surface area contributed by atoms with Crippen LogP contribution in [0.2, 0.25) is 0 Å². The molecular weight excluding hydrogens is 461 g/mol. The van der Waals surface area contributed by atoms with Gasteiger partial charge in [0.2, 0.25) is 5.91 Å². The number of benzene rings is 2. The summed E-state index contributed by atoms with van der Waals surface area (Å²) in [6.45, 7) is 7.49. The summed E-state index contributed by atoms with van der Waals surface area (Å²) in [6, 6.07) is 6.76. The molecule has 2 amide bonds. The zero-order valence-corrected chi connectivity index (χ0v) is 20.2. The van der Waals surface area contributed by atoms with Gasteiger partial charge in [0, 0.05) is 24.1 Å². The van der Waals surface area contributed by atoms with Gasteiger partial charge in [-0.3, -0.25) is 4.79 Å². The van der Waals surface area contributed by atoms with Gasteiger partial charge in [0.25, 0.3) is 0 Å². The summed E-state index contributed by atoms with van der Waals surface area (Å²) in [5, 5.41) is 3.01. The fourth-order valence-electron chi connectivity index (χ4n) is 4.97. The van der Waals surface area contributed by atoms with Crippen molar-refractivity contribution >= 4 is 12.0 Å². The predicted octanol–water partition coefficient (Wildman–Crippen LogP) is 4.45. The average Bonchev–Trinajstić information content (AvgIpc) is 2.99. The molecule has 35 heavy (non-hydrogen) atoms. The van der Waals surface area contributed by atoms with E-state index in [-0.39, 0.29) is 54.7 Å². The van der Waals surface area contributed by atoms with Gasteiger partial charge in [0.05, 0.1) is 18.2 Å². The van der Waals surface area contributed by atoms with Gasteiger partial charge >= 0.3 is 6.09 Å². The number of morpholine rings is 1. The Labute approximate surface area is 202 Å². The SMILES string of the molecule is CC1CN(C(=O)OC(C)(C)C)[C@@H](Cc2cccc(-c3cc(F)cc(F)c3)c2F)[C@]12COCC(=O)N2. The van der Waals surface area contributed by atoms with Gasteiger partial charge in [-0.1, -0.05) is 25.1 Å². The maximum Gasteiger partial charge on any atom is 0.410 e. The van der Waals surface area contributed by atoms with Crippen molar-refractivity contribution in [3.63, 3.8) is 0 Å². The van der Waals surface area contributed by atoms with Crippen molar-refractivity contribution in [3.8, 4) is 11.1 Å². The van der Waals surface area contributed by atoms with Gasteiger partial charge in [-0.2, -0.15) is 0 Å². The number of likely N-dealkylation sites (tertiary alicyclic amines) is 1. The molecule has 0 radical (unpaired) electrons. The number of hydrogen-bond acceptors (Lipinski definition) is 4. The minimum atomic E-state index is -0.945. The average molecular weight is 491 g/mol. The molecule has 2 saturated heterocycles. The number of halogens is 3. The lowest BCUT2D eigenvalue weighted by atomic mass is 9.79. The number of ether oxygens (including phenoxy) is 2. The molecule has 0 aromatic heterocycles. The molecule has 2 aliphatic heterocycles. The van der Waals surface area contributed by atoms with Crippen LogP contribution in [0.4, 0.5) is 18.0 Å². The van der Waals surface area contributed by atoms with Crippen LogP contribution in [-0.4, -0.2) is 53.8 Å². The van der Waals surface area contributed by atoms with E-state index in [9.17, 15) is 18.4 Å². The summed E-state index contributed by atoms with van der Waals surface area (Å²) in [5.74, 6) is -2.80. The third-order valence-electron chi connectivity index (χ3n) is 6.56. The van der Waals surface area contributed by atoms with Crippen molar-refractivity contribution in [1.82, 2.24) is 10.2 Å². The third-order valence-corrected chi connectivity index (χ3v) is 6.56. The molecule has 0 bridgehead atoms. The zero-order valence-electron chi connectivity index (χ0n) is 20.2. The molecule has 2 aliphatic rings. The van der Waals surface area contributed by atoms with E-state index in [2.05, 4.69) is 5.32 Å². The first-order valence-corrected chi connectivity index (χ1v) is 11.5. The maximum atomic E-state index is 15.7. The predicted molar refractivity (Wildman–Crippen MR) is 123 cm³/mol. The van der Waals surface area contributed by atoms with Crippen molar-refractivity contribution in [2.24, 2.45) is 5.92 Å². The Morgan fingerprint density at radius 2 is 1.89 bits per heavy atom. The molecule has 1 N–H and O–H groups in total. The van der Waals surface area contributed by atoms with Crippen molar-refractivity contribution in [1.29, 1.82) is 0 Å². The second-order valence-electron chi connectivity index (χ2n) is 10.3. The van der Waals surface area contributed by atoms with Gasteiger partial charge in [0.1, 0.15) is 29.7 Å². The minimum absolute atomic E-state index is 0.0324. The molecule has 3 atom stereocenters. The summed E-state index contributed by atoms with van der Waals surface area (Å²) in [7, 11) is 0. The second-order valence-corrected chi connectivity index (χ2v) is 10.3. The van der Waals surface area contributed by atoms with E-state index in [1.807, 2.05) is 6.92 Å². The van der Waals surface area contributed by atoms with E-state index in [4.69, 9.17) is 9.47 Å². The van der Waals surface area contributed by atoms with Crippen LogP contribution in [0.1, 0.15) is 33.3 Å². The summed E-state index contributed by atoms with van der Waals surface area (Å²) in [5.41, 5.74) is -1.36. The molecular formula is C26H29F3N2O4. The molecule has 2 aromatic rings. The van der Waals surface area contributed by atoms with E-state index in [0.29, 0.717) is 0 Å². The highest BCUT2D eigenvalue weighted by Crippen LogP contribution is 2.39. The van der Waals surface area contributed by atoms with Crippen molar-refractivity contribution in [3.05, 3.63) is 59.4 Å². The van der Waals surface area contributed by atoms with Crippen molar-refractivity contribution < 1.29 is 32.2 Å². The molecule has 188 valence electrons. The zero-order chi connectivity index (χ0) is 25.5. The largest absolute Gasteiger partial charge is 0.444 e. The highest BCUT2D eigenvalue weighted by atomic mass is 19.1. The van der Waals surface area contributed by atoms with E-state index in [1.54, 1.807) is 32.9 Å². The minimum Gasteiger partial charge on any atom is -0.444 e. The van der Waals surface area contributed by atoms with Gasteiger partial charge in [-0.25, -0.2) is 18.0 Å². The Hall–Kier alpha value is -3.07. The summed E-state index contributed by atoms with van der Waals surface area (Å²) in [6.07, 6.45) is -0.542. The van der Waals surface area contributed by atoms with Crippen molar-refractivity contribution in [2.75, 3.05) is 19.8 Å². The van der Waals surface area contributed by atoms with E-state index < -0.39 is 40.7 Å². The molecule has 6 nitrogen and oxygen atoms in total. The molecule has 2 fully saturated rings. The lowest BCUT2D eigenvalue weighted by Gasteiger charge is -2.43. The van der Waals surface area contributed by atoms with E-state index >= 15 is 4.39 Å². The van der Waals surface area contributed by atoms with E-state index in [0.717, 1.165) is 18.2 Å². The van der Waals surface area contributed by atoms with Crippen LogP contribution in [-0.2, 0) is 20.7 Å². The number of carbonyl (C=O) groups is 2. The fraction of sp³-hybridized carbons (Fsp3) is 0.462. The van der Waals surface area contributed by atoms with Crippen LogP contribution in [0.25, 0.3) is 11.1 Å². The van der Waals surface area contributed by atoms with Gasteiger partial charge in [0.15, 0.2) is 0 Å². The monoisotopic (exact) mass is 490 g/mol. The Kier molecular flexibility index (Phi) is 6.57. The number of nitrogens with one attached hydrogen (secondary N) is 1. The number of rotatable bonds is 3. The Morgan fingerprint density at radius 3 is 2.51 bits per heavy atom. The molecule has 4 rings (SSSR count). The first-order chi connectivity index (χ1) is 16.4. The third kappa shape index (κ3) is 5.00. The number of nitrogens with zero attached hydrogens (tertiary/aromatic N) is 1. The fourth-order valence-corrected chi connectivity index (χ4v) is 4.97. The van der Waals surface area contributed by atoms with Gasteiger partial charge in [-0.15, -0.1) is 0 Å². The van der Waals surface area contributed by atoms with Crippen LogP contribution in [0.15, 0.2) is 36.4 Å². The highest BCUT2D eigenvalue weighted by molar-refractivity contribution is 5.80. The number of amides is 2. The van der Waals surface area contributed by atoms with Crippen molar-refractivity contribution in [2.45, 2.75) is 51.3 Å². The smallest absolute Gasteiger partial charge is 0.410 e. The summed E-state index contributed by atoms with van der Waals surface area (Å²) < 4.78 is 54.5. The first-order valence-electron chi connectivity index (χ1n) is 11.5. The first kappa shape index (κ1) is 25.0. The molecule has 2 aromatic carbocycles. The highest BCUT2D eigenvalue weighted by Gasteiger charge is 2.57. The normalized spacial score (nSPS) is 24.5. The van der Waals surface area contributed by atoms with Crippen LogP contribution < -0.4 is 5.32 Å². The standard InChI is InChI=1S/C26H29F3N2O4/c1-15-12-31(24(33)35-25(2,3)4)21(26(15)14-34-13-22(32)30-26)10-16-6-5-7-20(23(16)29)17-8-18(27)11-19(28)9-17/h5-9,11,15,21H,10,12-14H2,1-4H3,(H,30,32)/t15?,21-,26-/m0/s1. The lowest BCUT2D eigenvalue weighted by molar-refractivity contribution is -0.137. The molecule has 1 unspecified atom stereocenters. The molecule has 0 aliphatic carbocycles.